The summed E-state index contributed by atoms with van der Waals surface area (Å²) in [4.78, 5) is 31.6. The SMILES string of the molecule is Cc1ccc(C)c(CN2C(=O)[C@@](O)(CC(=O)c3cccnc3)c3ccccc32)c1. The highest BCUT2D eigenvalue weighted by atomic mass is 16.3. The summed E-state index contributed by atoms with van der Waals surface area (Å²) in [6, 6.07) is 16.5. The summed E-state index contributed by atoms with van der Waals surface area (Å²) in [6.45, 7) is 4.34. The van der Waals surface area contributed by atoms with Gasteiger partial charge in [0.15, 0.2) is 11.4 Å². The van der Waals surface area contributed by atoms with Crippen LogP contribution in [0.5, 0.6) is 0 Å². The van der Waals surface area contributed by atoms with Gasteiger partial charge in [-0.25, -0.2) is 0 Å². The van der Waals surface area contributed by atoms with Crippen molar-refractivity contribution in [1.82, 2.24) is 4.98 Å². The molecule has 0 fully saturated rings. The van der Waals surface area contributed by atoms with Crippen LogP contribution >= 0.6 is 0 Å². The van der Waals surface area contributed by atoms with Crippen molar-refractivity contribution in [3.05, 3.63) is 94.8 Å². The zero-order chi connectivity index (χ0) is 20.6. The molecule has 1 atom stereocenters. The molecule has 4 rings (SSSR count). The van der Waals surface area contributed by atoms with Gasteiger partial charge in [-0.3, -0.25) is 14.6 Å². The Morgan fingerprint density at radius 1 is 1.10 bits per heavy atom. The van der Waals surface area contributed by atoms with Gasteiger partial charge in [-0.05, 0) is 43.2 Å². The number of anilines is 1. The Kier molecular flexibility index (Phi) is 4.76. The number of benzene rings is 2. The predicted octanol–water partition coefficient (Wildman–Crippen LogP) is 3.71. The smallest absolute Gasteiger partial charge is 0.264 e. The molecule has 1 aliphatic rings. The molecule has 146 valence electrons. The average Bonchev–Trinajstić information content (AvgIpc) is 2.93. The lowest BCUT2D eigenvalue weighted by molar-refractivity contribution is -0.136. The second kappa shape index (κ2) is 7.26. The minimum absolute atomic E-state index is 0.322. The topological polar surface area (TPSA) is 70.5 Å². The summed E-state index contributed by atoms with van der Waals surface area (Å²) >= 11 is 0. The molecule has 0 radical (unpaired) electrons. The van der Waals surface area contributed by atoms with Crippen LogP contribution < -0.4 is 4.90 Å². The summed E-state index contributed by atoms with van der Waals surface area (Å²) in [7, 11) is 0. The number of pyridine rings is 1. The molecule has 5 nitrogen and oxygen atoms in total. The van der Waals surface area contributed by atoms with Crippen LogP contribution in [0.15, 0.2) is 67.0 Å². The fourth-order valence-electron chi connectivity index (χ4n) is 3.84. The average molecular weight is 386 g/mol. The number of aliphatic hydroxyl groups is 1. The maximum Gasteiger partial charge on any atom is 0.264 e. The van der Waals surface area contributed by atoms with E-state index in [4.69, 9.17) is 0 Å². The number of rotatable bonds is 5. The molecule has 0 bridgehead atoms. The normalized spacial score (nSPS) is 18.0. The van der Waals surface area contributed by atoms with Crippen LogP contribution in [0.2, 0.25) is 0 Å². The third-order valence-corrected chi connectivity index (χ3v) is 5.47. The molecular weight excluding hydrogens is 364 g/mol. The summed E-state index contributed by atoms with van der Waals surface area (Å²) in [6.07, 6.45) is 2.70. The third kappa shape index (κ3) is 3.34. The molecule has 1 N–H and O–H groups in total. The van der Waals surface area contributed by atoms with E-state index in [9.17, 15) is 14.7 Å². The van der Waals surface area contributed by atoms with Crippen molar-refractivity contribution in [3.63, 3.8) is 0 Å². The van der Waals surface area contributed by atoms with E-state index in [2.05, 4.69) is 4.98 Å². The number of Topliss-reactive ketones (excluding diaryl/α,β-unsaturated/α-hetero) is 1. The molecule has 2 heterocycles. The highest BCUT2D eigenvalue weighted by Crippen LogP contribution is 2.43. The molecule has 0 spiro atoms. The number of aryl methyl sites for hydroxylation is 2. The number of hydrogen-bond acceptors (Lipinski definition) is 4. The lowest BCUT2D eigenvalue weighted by atomic mass is 9.88. The van der Waals surface area contributed by atoms with E-state index in [1.807, 2.05) is 44.2 Å². The van der Waals surface area contributed by atoms with Crippen molar-refractivity contribution >= 4 is 17.4 Å². The van der Waals surface area contributed by atoms with Crippen LogP contribution in [0.4, 0.5) is 5.69 Å². The van der Waals surface area contributed by atoms with Gasteiger partial charge in [0.1, 0.15) is 0 Å². The Balaban J connectivity index is 1.71. The minimum Gasteiger partial charge on any atom is -0.375 e. The number of ketones is 1. The van der Waals surface area contributed by atoms with Gasteiger partial charge >= 0.3 is 0 Å². The Labute approximate surface area is 169 Å². The van der Waals surface area contributed by atoms with Crippen molar-refractivity contribution in [3.8, 4) is 0 Å². The number of amides is 1. The van der Waals surface area contributed by atoms with E-state index < -0.39 is 11.5 Å². The standard InChI is InChI=1S/C24H22N2O3/c1-16-9-10-17(2)19(12-16)15-26-21-8-4-3-7-20(21)24(29,23(26)28)13-22(27)18-6-5-11-25-14-18/h3-12,14,29H,13,15H2,1-2H3/t24-/m1/s1. The molecule has 1 amide bonds. The van der Waals surface area contributed by atoms with Crippen LogP contribution in [0.1, 0.15) is 39.0 Å². The number of carbonyl (C=O) groups is 2. The van der Waals surface area contributed by atoms with E-state index in [0.717, 1.165) is 16.7 Å². The Morgan fingerprint density at radius 2 is 1.90 bits per heavy atom. The molecule has 0 aliphatic carbocycles. The Hall–Kier alpha value is -3.31. The van der Waals surface area contributed by atoms with E-state index in [-0.39, 0.29) is 12.2 Å². The summed E-state index contributed by atoms with van der Waals surface area (Å²) in [5, 5.41) is 11.4. The number of carbonyl (C=O) groups excluding carboxylic acids is 2. The molecule has 3 aromatic rings. The van der Waals surface area contributed by atoms with Crippen molar-refractivity contribution in [1.29, 1.82) is 0 Å². The number of nitrogens with zero attached hydrogens (tertiary/aromatic N) is 2. The van der Waals surface area contributed by atoms with Gasteiger partial charge in [0.25, 0.3) is 5.91 Å². The number of hydrogen-bond donors (Lipinski definition) is 1. The first-order chi connectivity index (χ1) is 13.9. The molecule has 1 aromatic heterocycles. The monoisotopic (exact) mass is 386 g/mol. The zero-order valence-electron chi connectivity index (χ0n) is 16.4. The molecule has 5 heteroatoms. The maximum atomic E-state index is 13.4. The van der Waals surface area contributed by atoms with Crippen LogP contribution in [0, 0.1) is 13.8 Å². The second-order valence-electron chi connectivity index (χ2n) is 7.54. The molecule has 2 aromatic carbocycles. The van der Waals surface area contributed by atoms with Crippen LogP contribution in [0.3, 0.4) is 0 Å². The van der Waals surface area contributed by atoms with E-state index in [1.165, 1.54) is 6.20 Å². The molecular formula is C24H22N2O3. The number of aromatic nitrogens is 1. The summed E-state index contributed by atoms with van der Waals surface area (Å²) < 4.78 is 0. The maximum absolute atomic E-state index is 13.4. The van der Waals surface area contributed by atoms with Gasteiger partial charge in [0.05, 0.1) is 18.7 Å². The minimum atomic E-state index is -1.89. The van der Waals surface area contributed by atoms with Gasteiger partial charge in [-0.1, -0.05) is 42.0 Å². The highest BCUT2D eigenvalue weighted by molar-refractivity contribution is 6.10. The largest absolute Gasteiger partial charge is 0.375 e. The summed E-state index contributed by atoms with van der Waals surface area (Å²) in [5.74, 6) is -0.797. The highest BCUT2D eigenvalue weighted by Gasteiger charge is 2.50. The molecule has 29 heavy (non-hydrogen) atoms. The number of para-hydroxylation sites is 1. The lowest BCUT2D eigenvalue weighted by Gasteiger charge is -2.23. The van der Waals surface area contributed by atoms with Crippen LogP contribution in [-0.4, -0.2) is 21.8 Å². The second-order valence-corrected chi connectivity index (χ2v) is 7.54. The van der Waals surface area contributed by atoms with Gasteiger partial charge < -0.3 is 10.0 Å². The van der Waals surface area contributed by atoms with Gasteiger partial charge in [-0.2, -0.15) is 0 Å². The predicted molar refractivity (Wildman–Crippen MR) is 111 cm³/mol. The van der Waals surface area contributed by atoms with Crippen molar-refractivity contribution in [2.24, 2.45) is 0 Å². The van der Waals surface area contributed by atoms with E-state index in [0.29, 0.717) is 23.4 Å². The molecule has 0 unspecified atom stereocenters. The first-order valence-corrected chi connectivity index (χ1v) is 9.53. The first-order valence-electron chi connectivity index (χ1n) is 9.53. The summed E-state index contributed by atoms with van der Waals surface area (Å²) in [5.41, 5.74) is 2.78. The lowest BCUT2D eigenvalue weighted by Crippen LogP contribution is -2.41. The molecule has 1 aliphatic heterocycles. The fourth-order valence-corrected chi connectivity index (χ4v) is 3.84. The van der Waals surface area contributed by atoms with Crippen molar-refractivity contribution in [2.45, 2.75) is 32.4 Å². The third-order valence-electron chi connectivity index (χ3n) is 5.47. The number of fused-ring (bicyclic) bond motifs is 1. The Morgan fingerprint density at radius 3 is 2.66 bits per heavy atom. The first kappa shape index (κ1) is 19.0. The van der Waals surface area contributed by atoms with E-state index >= 15 is 0 Å². The van der Waals surface area contributed by atoms with Crippen LogP contribution in [-0.2, 0) is 16.9 Å². The zero-order valence-corrected chi connectivity index (χ0v) is 16.4. The van der Waals surface area contributed by atoms with Crippen LogP contribution in [0.25, 0.3) is 0 Å². The fraction of sp³-hybridized carbons (Fsp3) is 0.208. The quantitative estimate of drug-likeness (QED) is 0.679. The molecule has 0 saturated heterocycles. The molecule has 0 saturated carbocycles. The van der Waals surface area contributed by atoms with E-state index in [1.54, 1.807) is 35.4 Å². The van der Waals surface area contributed by atoms with Gasteiger partial charge in [0.2, 0.25) is 0 Å². The Bertz CT molecular complexity index is 1090. The van der Waals surface area contributed by atoms with Crippen molar-refractivity contribution in [2.75, 3.05) is 4.90 Å². The van der Waals surface area contributed by atoms with Gasteiger partial charge in [0, 0.05) is 23.5 Å². The van der Waals surface area contributed by atoms with Gasteiger partial charge in [-0.15, -0.1) is 0 Å². The van der Waals surface area contributed by atoms with Crippen molar-refractivity contribution < 1.29 is 14.7 Å².